The number of hydrogen-bond acceptors (Lipinski definition) is 3. The maximum atomic E-state index is 10.1. The molecule has 54 valence electrons. The predicted octanol–water partition coefficient (Wildman–Crippen LogP) is 0.787. The first kappa shape index (κ1) is 7.02. The van der Waals surface area contributed by atoms with Crippen LogP contribution in [-0.2, 0) is 4.79 Å². The molecule has 0 spiro atoms. The molecular formula is C7H9NO2. The van der Waals surface area contributed by atoms with Gasteiger partial charge < -0.3 is 14.9 Å². The number of hydrogen-bond donors (Lipinski definition) is 1. The average molecular weight is 139 g/mol. The third-order valence-electron chi connectivity index (χ3n) is 1.24. The monoisotopic (exact) mass is 139 g/mol. The van der Waals surface area contributed by atoms with E-state index in [0.717, 1.165) is 5.76 Å². The molecule has 3 heteroatoms. The summed E-state index contributed by atoms with van der Waals surface area (Å²) in [5.74, 6) is 1.29. The lowest BCUT2D eigenvalue weighted by molar-refractivity contribution is -0.109. The van der Waals surface area contributed by atoms with E-state index < -0.39 is 6.04 Å². The van der Waals surface area contributed by atoms with Crippen LogP contribution in [0.1, 0.15) is 17.6 Å². The van der Waals surface area contributed by atoms with Gasteiger partial charge in [-0.25, -0.2) is 0 Å². The van der Waals surface area contributed by atoms with E-state index in [9.17, 15) is 4.79 Å². The highest BCUT2D eigenvalue weighted by atomic mass is 16.3. The Balaban J connectivity index is 2.84. The van der Waals surface area contributed by atoms with Gasteiger partial charge in [0.05, 0.1) is 0 Å². The first-order valence-corrected chi connectivity index (χ1v) is 3.01. The minimum atomic E-state index is -0.617. The summed E-state index contributed by atoms with van der Waals surface area (Å²) in [6.07, 6.45) is 0.651. The minimum Gasteiger partial charge on any atom is -0.464 e. The third kappa shape index (κ3) is 1.25. The first-order chi connectivity index (χ1) is 4.74. The van der Waals surface area contributed by atoms with Crippen molar-refractivity contribution in [2.24, 2.45) is 5.73 Å². The Hall–Kier alpha value is -1.09. The summed E-state index contributed by atoms with van der Waals surface area (Å²) in [7, 11) is 0. The SMILES string of the molecule is Cc1ccc([C@@H](N)C=O)o1. The van der Waals surface area contributed by atoms with Gasteiger partial charge in [0.25, 0.3) is 0 Å². The molecule has 0 aromatic carbocycles. The molecular weight excluding hydrogens is 130 g/mol. The summed E-state index contributed by atoms with van der Waals surface area (Å²) in [5.41, 5.74) is 5.35. The van der Waals surface area contributed by atoms with E-state index in [2.05, 4.69) is 0 Å². The lowest BCUT2D eigenvalue weighted by Crippen LogP contribution is -2.09. The fraction of sp³-hybridized carbons (Fsp3) is 0.286. The van der Waals surface area contributed by atoms with Gasteiger partial charge in [0.15, 0.2) is 0 Å². The number of rotatable bonds is 2. The van der Waals surface area contributed by atoms with Crippen molar-refractivity contribution in [1.29, 1.82) is 0 Å². The van der Waals surface area contributed by atoms with Crippen LogP contribution in [0.3, 0.4) is 0 Å². The molecule has 0 bridgehead atoms. The molecule has 0 aliphatic carbocycles. The molecule has 3 nitrogen and oxygen atoms in total. The topological polar surface area (TPSA) is 56.2 Å². The largest absolute Gasteiger partial charge is 0.464 e. The quantitative estimate of drug-likeness (QED) is 0.616. The van der Waals surface area contributed by atoms with Crippen LogP contribution in [0.4, 0.5) is 0 Å². The number of nitrogens with two attached hydrogens (primary N) is 1. The smallest absolute Gasteiger partial charge is 0.144 e. The fourth-order valence-electron chi connectivity index (χ4n) is 0.700. The molecule has 0 aliphatic rings. The molecule has 0 amide bonds. The van der Waals surface area contributed by atoms with E-state index in [4.69, 9.17) is 10.2 Å². The lowest BCUT2D eigenvalue weighted by atomic mass is 10.3. The Morgan fingerprint density at radius 2 is 2.40 bits per heavy atom. The van der Waals surface area contributed by atoms with Crippen molar-refractivity contribution in [2.75, 3.05) is 0 Å². The number of carbonyl (C=O) groups excluding carboxylic acids is 1. The highest BCUT2D eigenvalue weighted by Crippen LogP contribution is 2.11. The van der Waals surface area contributed by atoms with E-state index in [1.807, 2.05) is 0 Å². The molecule has 1 aromatic rings. The summed E-state index contributed by atoms with van der Waals surface area (Å²) < 4.78 is 5.08. The Morgan fingerprint density at radius 1 is 1.70 bits per heavy atom. The van der Waals surface area contributed by atoms with Gasteiger partial charge in [-0.05, 0) is 19.1 Å². The molecule has 1 aromatic heterocycles. The zero-order chi connectivity index (χ0) is 7.56. The maximum Gasteiger partial charge on any atom is 0.144 e. The molecule has 1 rings (SSSR count). The van der Waals surface area contributed by atoms with Crippen LogP contribution in [0.15, 0.2) is 16.5 Å². The van der Waals surface area contributed by atoms with Crippen LogP contribution in [0.25, 0.3) is 0 Å². The zero-order valence-corrected chi connectivity index (χ0v) is 5.70. The van der Waals surface area contributed by atoms with Crippen LogP contribution in [0, 0.1) is 6.92 Å². The third-order valence-corrected chi connectivity index (χ3v) is 1.24. The predicted molar refractivity (Wildman–Crippen MR) is 36.4 cm³/mol. The van der Waals surface area contributed by atoms with E-state index in [-0.39, 0.29) is 0 Å². The van der Waals surface area contributed by atoms with Gasteiger partial charge in [-0.2, -0.15) is 0 Å². The van der Waals surface area contributed by atoms with Crippen LogP contribution in [-0.4, -0.2) is 6.29 Å². The van der Waals surface area contributed by atoms with Crippen molar-refractivity contribution in [1.82, 2.24) is 0 Å². The molecule has 0 aliphatic heterocycles. The van der Waals surface area contributed by atoms with E-state index in [1.165, 1.54) is 0 Å². The second kappa shape index (κ2) is 2.66. The van der Waals surface area contributed by atoms with E-state index in [0.29, 0.717) is 12.0 Å². The van der Waals surface area contributed by atoms with Crippen LogP contribution >= 0.6 is 0 Å². The lowest BCUT2D eigenvalue weighted by Gasteiger charge is -1.95. The van der Waals surface area contributed by atoms with Gasteiger partial charge >= 0.3 is 0 Å². The summed E-state index contributed by atoms with van der Waals surface area (Å²) in [5, 5.41) is 0. The summed E-state index contributed by atoms with van der Waals surface area (Å²) in [6.45, 7) is 1.81. The molecule has 2 N–H and O–H groups in total. The fourth-order valence-corrected chi connectivity index (χ4v) is 0.700. The maximum absolute atomic E-state index is 10.1. The van der Waals surface area contributed by atoms with Crippen molar-refractivity contribution in [3.63, 3.8) is 0 Å². The number of aldehydes is 1. The minimum absolute atomic E-state index is 0.521. The molecule has 1 heterocycles. The highest BCUT2D eigenvalue weighted by Gasteiger charge is 2.06. The number of aryl methyl sites for hydroxylation is 1. The summed E-state index contributed by atoms with van der Waals surface area (Å²) in [4.78, 5) is 10.1. The molecule has 0 saturated heterocycles. The normalized spacial score (nSPS) is 13.0. The molecule has 0 saturated carbocycles. The Morgan fingerprint density at radius 3 is 2.80 bits per heavy atom. The van der Waals surface area contributed by atoms with Gasteiger partial charge in [0.2, 0.25) is 0 Å². The summed E-state index contributed by atoms with van der Waals surface area (Å²) >= 11 is 0. The average Bonchev–Trinajstić information content (AvgIpc) is 2.34. The van der Waals surface area contributed by atoms with Crippen molar-refractivity contribution < 1.29 is 9.21 Å². The standard InChI is InChI=1S/C7H9NO2/c1-5-2-3-7(10-5)6(8)4-9/h2-4,6H,8H2,1H3/t6-/m0/s1. The second-order valence-electron chi connectivity index (χ2n) is 2.11. The van der Waals surface area contributed by atoms with Gasteiger partial charge in [0.1, 0.15) is 23.8 Å². The van der Waals surface area contributed by atoms with Crippen LogP contribution < -0.4 is 5.73 Å². The second-order valence-corrected chi connectivity index (χ2v) is 2.11. The van der Waals surface area contributed by atoms with Gasteiger partial charge in [-0.3, -0.25) is 0 Å². The van der Waals surface area contributed by atoms with E-state index >= 15 is 0 Å². The first-order valence-electron chi connectivity index (χ1n) is 3.01. The Kier molecular flexibility index (Phi) is 1.87. The molecule has 10 heavy (non-hydrogen) atoms. The molecule has 0 unspecified atom stereocenters. The van der Waals surface area contributed by atoms with Gasteiger partial charge in [-0.1, -0.05) is 0 Å². The summed E-state index contributed by atoms with van der Waals surface area (Å²) in [6, 6.07) is 2.86. The van der Waals surface area contributed by atoms with E-state index in [1.54, 1.807) is 19.1 Å². The van der Waals surface area contributed by atoms with Crippen molar-refractivity contribution in [3.05, 3.63) is 23.7 Å². The zero-order valence-electron chi connectivity index (χ0n) is 5.70. The van der Waals surface area contributed by atoms with Crippen LogP contribution in [0.5, 0.6) is 0 Å². The van der Waals surface area contributed by atoms with Crippen LogP contribution in [0.2, 0.25) is 0 Å². The number of carbonyl (C=O) groups is 1. The Labute approximate surface area is 58.8 Å². The molecule has 0 radical (unpaired) electrons. The number of furan rings is 1. The highest BCUT2D eigenvalue weighted by molar-refractivity contribution is 5.59. The molecule has 1 atom stereocenters. The molecule has 0 fully saturated rings. The van der Waals surface area contributed by atoms with Gasteiger partial charge in [0, 0.05) is 0 Å². The van der Waals surface area contributed by atoms with Gasteiger partial charge in [-0.15, -0.1) is 0 Å². The van der Waals surface area contributed by atoms with Crippen molar-refractivity contribution >= 4 is 6.29 Å². The van der Waals surface area contributed by atoms with Crippen molar-refractivity contribution in [2.45, 2.75) is 13.0 Å². The Bertz CT molecular complexity index is 229. The van der Waals surface area contributed by atoms with Crippen molar-refractivity contribution in [3.8, 4) is 0 Å².